The molecule has 1 aromatic carbocycles. The SMILES string of the molecule is COc1ccc(N=C2NC(=O)/C(=C\c3cc(Br)cs3)S2)cc1. The average Bonchev–Trinajstić information content (AvgIpc) is 3.06. The highest BCUT2D eigenvalue weighted by atomic mass is 79.9. The van der Waals surface area contributed by atoms with Crippen molar-refractivity contribution < 1.29 is 9.53 Å². The summed E-state index contributed by atoms with van der Waals surface area (Å²) in [6.07, 6.45) is 1.87. The van der Waals surface area contributed by atoms with Crippen LogP contribution in [0.3, 0.4) is 0 Å². The minimum Gasteiger partial charge on any atom is -0.497 e. The fraction of sp³-hybridized carbons (Fsp3) is 0.0667. The molecule has 22 heavy (non-hydrogen) atoms. The Labute approximate surface area is 144 Å². The molecule has 4 nitrogen and oxygen atoms in total. The van der Waals surface area contributed by atoms with Crippen molar-refractivity contribution in [1.29, 1.82) is 0 Å². The van der Waals surface area contributed by atoms with Crippen molar-refractivity contribution in [3.05, 3.63) is 50.0 Å². The molecule has 1 aromatic heterocycles. The summed E-state index contributed by atoms with van der Waals surface area (Å²) < 4.78 is 6.12. The molecule has 1 aliphatic rings. The van der Waals surface area contributed by atoms with Gasteiger partial charge in [0.25, 0.3) is 5.91 Å². The highest BCUT2D eigenvalue weighted by Crippen LogP contribution is 2.30. The summed E-state index contributed by atoms with van der Waals surface area (Å²) in [5.41, 5.74) is 0.767. The zero-order valence-corrected chi connectivity index (χ0v) is 14.7. The first kappa shape index (κ1) is 15.3. The van der Waals surface area contributed by atoms with Crippen LogP contribution >= 0.6 is 39.0 Å². The molecular weight excluding hydrogens is 384 g/mol. The number of halogens is 1. The van der Waals surface area contributed by atoms with Crippen LogP contribution in [0.2, 0.25) is 0 Å². The number of aliphatic imine (C=N–C) groups is 1. The number of nitrogens with zero attached hydrogens (tertiary/aromatic N) is 1. The van der Waals surface area contributed by atoms with E-state index in [0.29, 0.717) is 10.1 Å². The monoisotopic (exact) mass is 394 g/mol. The number of rotatable bonds is 3. The van der Waals surface area contributed by atoms with Gasteiger partial charge in [-0.2, -0.15) is 0 Å². The zero-order chi connectivity index (χ0) is 15.5. The van der Waals surface area contributed by atoms with Gasteiger partial charge in [-0.15, -0.1) is 11.3 Å². The van der Waals surface area contributed by atoms with E-state index in [1.807, 2.05) is 41.8 Å². The Kier molecular flexibility index (Phi) is 4.66. The Morgan fingerprint density at radius 2 is 2.09 bits per heavy atom. The molecule has 3 rings (SSSR count). The number of thioether (sulfide) groups is 1. The molecule has 1 saturated heterocycles. The van der Waals surface area contributed by atoms with Gasteiger partial charge in [0, 0.05) is 14.7 Å². The Hall–Kier alpha value is -1.57. The van der Waals surface area contributed by atoms with E-state index in [1.165, 1.54) is 11.8 Å². The second kappa shape index (κ2) is 6.68. The second-order valence-corrected chi connectivity index (χ2v) is 7.24. The Morgan fingerprint density at radius 3 is 2.73 bits per heavy atom. The predicted octanol–water partition coefficient (Wildman–Crippen LogP) is 4.41. The van der Waals surface area contributed by atoms with Crippen LogP contribution < -0.4 is 10.1 Å². The molecule has 0 spiro atoms. The molecule has 0 radical (unpaired) electrons. The number of ether oxygens (including phenoxy) is 1. The summed E-state index contributed by atoms with van der Waals surface area (Å²) in [6.45, 7) is 0. The summed E-state index contributed by atoms with van der Waals surface area (Å²) in [5, 5.41) is 5.34. The van der Waals surface area contributed by atoms with Crippen molar-refractivity contribution in [2.75, 3.05) is 7.11 Å². The highest BCUT2D eigenvalue weighted by Gasteiger charge is 2.23. The van der Waals surface area contributed by atoms with Gasteiger partial charge in [-0.1, -0.05) is 0 Å². The van der Waals surface area contributed by atoms with Crippen LogP contribution in [0.4, 0.5) is 5.69 Å². The van der Waals surface area contributed by atoms with Crippen LogP contribution in [0.25, 0.3) is 6.08 Å². The highest BCUT2D eigenvalue weighted by molar-refractivity contribution is 9.10. The number of benzene rings is 1. The quantitative estimate of drug-likeness (QED) is 0.784. The van der Waals surface area contributed by atoms with E-state index in [1.54, 1.807) is 18.4 Å². The van der Waals surface area contributed by atoms with E-state index in [9.17, 15) is 4.79 Å². The van der Waals surface area contributed by atoms with Crippen molar-refractivity contribution in [1.82, 2.24) is 5.32 Å². The minimum absolute atomic E-state index is 0.123. The van der Waals surface area contributed by atoms with E-state index >= 15 is 0 Å². The van der Waals surface area contributed by atoms with Gasteiger partial charge >= 0.3 is 0 Å². The van der Waals surface area contributed by atoms with Gasteiger partial charge in [0.15, 0.2) is 5.17 Å². The third-order valence-corrected chi connectivity index (χ3v) is 5.37. The molecule has 1 fully saturated rings. The van der Waals surface area contributed by atoms with Crippen LogP contribution in [-0.4, -0.2) is 18.2 Å². The van der Waals surface area contributed by atoms with Gasteiger partial charge in [-0.05, 0) is 64.1 Å². The Morgan fingerprint density at radius 1 is 1.32 bits per heavy atom. The molecule has 112 valence electrons. The number of carbonyl (C=O) groups is 1. The lowest BCUT2D eigenvalue weighted by Crippen LogP contribution is -2.19. The third kappa shape index (κ3) is 3.60. The van der Waals surface area contributed by atoms with E-state index in [-0.39, 0.29) is 5.91 Å². The summed E-state index contributed by atoms with van der Waals surface area (Å²) in [7, 11) is 1.62. The lowest BCUT2D eigenvalue weighted by molar-refractivity contribution is -0.115. The first-order valence-corrected chi connectivity index (χ1v) is 8.80. The minimum atomic E-state index is -0.123. The smallest absolute Gasteiger partial charge is 0.264 e. The average molecular weight is 395 g/mol. The normalized spacial score (nSPS) is 18.0. The molecule has 0 saturated carbocycles. The lowest BCUT2D eigenvalue weighted by Gasteiger charge is -1.99. The molecule has 1 N–H and O–H groups in total. The molecule has 0 atom stereocenters. The number of hydrogen-bond donors (Lipinski definition) is 1. The topological polar surface area (TPSA) is 50.7 Å². The maximum Gasteiger partial charge on any atom is 0.264 e. The van der Waals surface area contributed by atoms with Crippen molar-refractivity contribution in [2.24, 2.45) is 4.99 Å². The standard InChI is InChI=1S/C15H11BrN2O2S2/c1-20-11-4-2-10(3-5-11)17-15-18-14(19)13(22-15)7-12-6-9(16)8-21-12/h2-8H,1H3,(H,17,18,19)/b13-7+. The van der Waals surface area contributed by atoms with Crippen molar-refractivity contribution in [2.45, 2.75) is 0 Å². The number of nitrogens with one attached hydrogen (secondary N) is 1. The van der Waals surface area contributed by atoms with Gasteiger partial charge in [-0.3, -0.25) is 4.79 Å². The van der Waals surface area contributed by atoms with Crippen molar-refractivity contribution in [3.63, 3.8) is 0 Å². The van der Waals surface area contributed by atoms with Crippen LogP contribution in [0, 0.1) is 0 Å². The van der Waals surface area contributed by atoms with E-state index < -0.39 is 0 Å². The second-order valence-electron chi connectivity index (χ2n) is 4.35. The molecule has 0 aliphatic carbocycles. The van der Waals surface area contributed by atoms with Crippen LogP contribution in [0.5, 0.6) is 5.75 Å². The summed E-state index contributed by atoms with van der Waals surface area (Å²) >= 11 is 6.32. The molecule has 2 heterocycles. The Bertz CT molecular complexity index is 766. The number of methoxy groups -OCH3 is 1. The number of amidine groups is 1. The van der Waals surface area contributed by atoms with Gasteiger partial charge < -0.3 is 10.1 Å². The summed E-state index contributed by atoms with van der Waals surface area (Å²) in [5.74, 6) is 0.651. The molecule has 0 unspecified atom stereocenters. The number of amides is 1. The fourth-order valence-electron chi connectivity index (χ4n) is 1.79. The van der Waals surface area contributed by atoms with E-state index in [0.717, 1.165) is 20.8 Å². The summed E-state index contributed by atoms with van der Waals surface area (Å²) in [6, 6.07) is 9.33. The molecule has 0 bridgehead atoms. The van der Waals surface area contributed by atoms with E-state index in [4.69, 9.17) is 4.74 Å². The third-order valence-electron chi connectivity index (χ3n) is 2.82. The fourth-order valence-corrected chi connectivity index (χ4v) is 4.07. The van der Waals surface area contributed by atoms with Crippen molar-refractivity contribution in [3.8, 4) is 5.75 Å². The molecule has 1 amide bonds. The van der Waals surface area contributed by atoms with Crippen LogP contribution in [0.1, 0.15) is 4.88 Å². The van der Waals surface area contributed by atoms with Gasteiger partial charge in [0.05, 0.1) is 17.7 Å². The zero-order valence-electron chi connectivity index (χ0n) is 11.5. The van der Waals surface area contributed by atoms with Crippen LogP contribution in [0.15, 0.2) is 50.1 Å². The van der Waals surface area contributed by atoms with Gasteiger partial charge in [-0.25, -0.2) is 4.99 Å². The first-order chi connectivity index (χ1) is 10.6. The number of hydrogen-bond acceptors (Lipinski definition) is 5. The lowest BCUT2D eigenvalue weighted by atomic mass is 10.3. The molecule has 2 aromatic rings. The van der Waals surface area contributed by atoms with Gasteiger partial charge in [0.2, 0.25) is 0 Å². The van der Waals surface area contributed by atoms with Crippen molar-refractivity contribution >= 4 is 61.9 Å². The van der Waals surface area contributed by atoms with Gasteiger partial charge in [0.1, 0.15) is 5.75 Å². The largest absolute Gasteiger partial charge is 0.497 e. The Balaban J connectivity index is 1.78. The molecular formula is C15H11BrN2O2S2. The maximum absolute atomic E-state index is 12.0. The number of thiophene rings is 1. The summed E-state index contributed by atoms with van der Waals surface area (Å²) in [4.78, 5) is 18.1. The predicted molar refractivity (Wildman–Crippen MR) is 95.8 cm³/mol. The molecule has 1 aliphatic heterocycles. The molecule has 7 heteroatoms. The van der Waals surface area contributed by atoms with Crippen LogP contribution in [-0.2, 0) is 4.79 Å². The first-order valence-electron chi connectivity index (χ1n) is 6.32. The maximum atomic E-state index is 12.0. The number of carbonyl (C=O) groups excluding carboxylic acids is 1. The van der Waals surface area contributed by atoms with E-state index in [2.05, 4.69) is 26.2 Å².